The molecule has 0 N–H and O–H groups in total. The molecule has 25 heavy (non-hydrogen) atoms. The third kappa shape index (κ3) is 2.66. The number of rotatable bonds is 4. The van der Waals surface area contributed by atoms with E-state index in [0.29, 0.717) is 31.7 Å². The fourth-order valence-electron chi connectivity index (χ4n) is 4.17. The van der Waals surface area contributed by atoms with Crippen molar-refractivity contribution in [1.29, 1.82) is 0 Å². The van der Waals surface area contributed by atoms with E-state index in [4.69, 9.17) is 9.47 Å². The summed E-state index contributed by atoms with van der Waals surface area (Å²) in [5.41, 5.74) is -0.332. The van der Waals surface area contributed by atoms with Gasteiger partial charge in [-0.2, -0.15) is 4.31 Å². The Morgan fingerprint density at radius 2 is 2.32 bits per heavy atom. The van der Waals surface area contributed by atoms with Crippen molar-refractivity contribution >= 4 is 15.9 Å². The minimum atomic E-state index is -3.44. The lowest BCUT2D eigenvalue weighted by molar-refractivity contribution is -0.0981. The summed E-state index contributed by atoms with van der Waals surface area (Å²) in [6, 6.07) is 3.44. The van der Waals surface area contributed by atoms with Crippen LogP contribution in [0, 0.1) is 0 Å². The summed E-state index contributed by atoms with van der Waals surface area (Å²) in [6.07, 6.45) is 3.35. The Labute approximate surface area is 146 Å². The van der Waals surface area contributed by atoms with E-state index in [0.717, 1.165) is 0 Å². The molecule has 3 aliphatic rings. The van der Waals surface area contributed by atoms with E-state index in [1.165, 1.54) is 10.5 Å². The van der Waals surface area contributed by atoms with Crippen LogP contribution >= 0.6 is 0 Å². The highest BCUT2D eigenvalue weighted by atomic mass is 32.2. The van der Waals surface area contributed by atoms with Gasteiger partial charge < -0.3 is 14.4 Å². The second-order valence-corrected chi connectivity index (χ2v) is 8.94. The lowest BCUT2D eigenvalue weighted by Gasteiger charge is -2.39. The Morgan fingerprint density at radius 1 is 1.48 bits per heavy atom. The number of hydrogen-bond acceptors (Lipinski definition) is 6. The summed E-state index contributed by atoms with van der Waals surface area (Å²) >= 11 is 0. The van der Waals surface area contributed by atoms with Crippen LogP contribution in [0.25, 0.3) is 0 Å². The Kier molecular flexibility index (Phi) is 4.06. The molecule has 1 amide bonds. The van der Waals surface area contributed by atoms with E-state index in [2.05, 4.69) is 4.98 Å². The number of hydrogen-bond donors (Lipinski definition) is 0. The molecule has 4 heterocycles. The molecule has 4 rings (SSSR count). The van der Waals surface area contributed by atoms with Crippen LogP contribution in [0.3, 0.4) is 0 Å². The third-order valence-corrected chi connectivity index (χ3v) is 7.62. The van der Waals surface area contributed by atoms with E-state index in [1.54, 1.807) is 30.3 Å². The molecular formula is C16H21N3O5S. The van der Waals surface area contributed by atoms with E-state index >= 15 is 0 Å². The molecule has 3 fully saturated rings. The van der Waals surface area contributed by atoms with Crippen molar-refractivity contribution < 1.29 is 22.7 Å². The molecule has 0 radical (unpaired) electrons. The van der Waals surface area contributed by atoms with E-state index in [9.17, 15) is 13.2 Å². The predicted molar refractivity (Wildman–Crippen MR) is 88.5 cm³/mol. The van der Waals surface area contributed by atoms with Gasteiger partial charge in [-0.05, 0) is 18.6 Å². The van der Waals surface area contributed by atoms with Gasteiger partial charge in [0, 0.05) is 39.1 Å². The Balaban J connectivity index is 1.59. The lowest BCUT2D eigenvalue weighted by atomic mass is 9.99. The van der Waals surface area contributed by atoms with Gasteiger partial charge in [0.05, 0.1) is 24.8 Å². The van der Waals surface area contributed by atoms with Crippen LogP contribution in [0.15, 0.2) is 24.5 Å². The summed E-state index contributed by atoms with van der Waals surface area (Å²) in [7, 11) is -1.89. The fourth-order valence-corrected chi connectivity index (χ4v) is 6.46. The zero-order valence-corrected chi connectivity index (χ0v) is 14.8. The standard InChI is InChI=1S/C16H21N3O5S/c1-23-6-5-19-11-16-10-18(15(20)12-3-2-4-17-8-12)9-13(24-16)7-14(16)25(19,21)22/h2-4,8,13-14H,5-7,9-11H2,1H3/t13-,14+,16+/m1/s1. The van der Waals surface area contributed by atoms with Crippen LogP contribution in [0.2, 0.25) is 0 Å². The van der Waals surface area contributed by atoms with Crippen molar-refractivity contribution in [3.05, 3.63) is 30.1 Å². The molecular weight excluding hydrogens is 346 g/mol. The van der Waals surface area contributed by atoms with Gasteiger partial charge in [-0.25, -0.2) is 8.42 Å². The first-order valence-corrected chi connectivity index (χ1v) is 9.82. The van der Waals surface area contributed by atoms with Crippen molar-refractivity contribution in [3.63, 3.8) is 0 Å². The van der Waals surface area contributed by atoms with Gasteiger partial charge in [0.1, 0.15) is 10.9 Å². The first kappa shape index (κ1) is 16.9. The number of carbonyl (C=O) groups is 1. The molecule has 3 atom stereocenters. The number of fused-ring (bicyclic) bond motifs is 1. The van der Waals surface area contributed by atoms with E-state index in [-0.39, 0.29) is 25.1 Å². The Bertz CT molecular complexity index is 771. The number of likely N-dealkylation sites (tertiary alicyclic amines) is 1. The Morgan fingerprint density at radius 3 is 3.04 bits per heavy atom. The molecule has 8 nitrogen and oxygen atoms in total. The monoisotopic (exact) mass is 367 g/mol. The number of morpholine rings is 1. The smallest absolute Gasteiger partial charge is 0.255 e. The van der Waals surface area contributed by atoms with Gasteiger partial charge in [-0.15, -0.1) is 0 Å². The second-order valence-electron chi connectivity index (χ2n) is 6.83. The van der Waals surface area contributed by atoms with Crippen LogP contribution in [0.4, 0.5) is 0 Å². The topological polar surface area (TPSA) is 89.0 Å². The van der Waals surface area contributed by atoms with Crippen LogP contribution < -0.4 is 0 Å². The average Bonchev–Trinajstić information content (AvgIpc) is 2.98. The largest absolute Gasteiger partial charge is 0.383 e. The molecule has 2 bridgehead atoms. The molecule has 1 aromatic heterocycles. The molecule has 9 heteroatoms. The van der Waals surface area contributed by atoms with Gasteiger partial charge in [0.2, 0.25) is 10.0 Å². The van der Waals surface area contributed by atoms with Crippen LogP contribution in [0.1, 0.15) is 16.8 Å². The number of ether oxygens (including phenoxy) is 2. The summed E-state index contributed by atoms with van der Waals surface area (Å²) in [5.74, 6) is -0.130. The predicted octanol–water partition coefficient (Wildman–Crippen LogP) is -0.274. The minimum Gasteiger partial charge on any atom is -0.383 e. The quantitative estimate of drug-likeness (QED) is 0.728. The van der Waals surface area contributed by atoms with Crippen LogP contribution in [0.5, 0.6) is 0 Å². The first-order chi connectivity index (χ1) is 12.0. The van der Waals surface area contributed by atoms with Crippen LogP contribution in [-0.2, 0) is 19.5 Å². The molecule has 0 aliphatic carbocycles. The summed E-state index contributed by atoms with van der Waals surface area (Å²) in [6.45, 7) is 1.62. The maximum atomic E-state index is 12.8. The fraction of sp³-hybridized carbons (Fsp3) is 0.625. The summed E-state index contributed by atoms with van der Waals surface area (Å²) in [5, 5.41) is -0.589. The highest BCUT2D eigenvalue weighted by molar-refractivity contribution is 7.90. The van der Waals surface area contributed by atoms with Crippen molar-refractivity contribution in [1.82, 2.24) is 14.2 Å². The molecule has 0 aromatic carbocycles. The molecule has 0 saturated carbocycles. The third-order valence-electron chi connectivity index (χ3n) is 5.25. The maximum Gasteiger partial charge on any atom is 0.255 e. The number of amides is 1. The molecule has 1 aromatic rings. The summed E-state index contributed by atoms with van der Waals surface area (Å²) < 4.78 is 38.2. The first-order valence-electron chi connectivity index (χ1n) is 8.31. The SMILES string of the molecule is COCCN1C[C@@]23CN(C(=O)c4cccnc4)C[C@@H](C[C@@H]2S1(=O)=O)O3. The number of aromatic nitrogens is 1. The molecule has 3 aliphatic heterocycles. The van der Waals surface area contributed by atoms with Crippen molar-refractivity contribution in [2.45, 2.75) is 23.4 Å². The zero-order valence-electron chi connectivity index (χ0n) is 14.0. The molecule has 0 unspecified atom stereocenters. The van der Waals surface area contributed by atoms with Gasteiger partial charge in [0.25, 0.3) is 5.91 Å². The van der Waals surface area contributed by atoms with Gasteiger partial charge >= 0.3 is 0 Å². The lowest BCUT2D eigenvalue weighted by Crippen LogP contribution is -2.56. The second kappa shape index (κ2) is 6.01. The number of nitrogens with zero attached hydrogens (tertiary/aromatic N) is 3. The average molecular weight is 367 g/mol. The van der Waals surface area contributed by atoms with E-state index in [1.807, 2.05) is 0 Å². The number of carbonyl (C=O) groups excluding carboxylic acids is 1. The maximum absolute atomic E-state index is 12.8. The molecule has 3 saturated heterocycles. The number of pyridine rings is 1. The Hall–Kier alpha value is -1.55. The van der Waals surface area contributed by atoms with Gasteiger partial charge in [-0.3, -0.25) is 9.78 Å². The van der Waals surface area contributed by atoms with Gasteiger partial charge in [-0.1, -0.05) is 0 Å². The summed E-state index contributed by atoms with van der Waals surface area (Å²) in [4.78, 5) is 18.5. The number of sulfonamides is 1. The highest BCUT2D eigenvalue weighted by Crippen LogP contribution is 2.46. The molecule has 1 spiro atoms. The van der Waals surface area contributed by atoms with E-state index < -0.39 is 20.9 Å². The van der Waals surface area contributed by atoms with Crippen LogP contribution in [-0.4, -0.2) is 85.4 Å². The van der Waals surface area contributed by atoms with Gasteiger partial charge in [0.15, 0.2) is 0 Å². The normalized spacial score (nSPS) is 33.4. The van der Waals surface area contributed by atoms with Crippen molar-refractivity contribution in [3.8, 4) is 0 Å². The van der Waals surface area contributed by atoms with Crippen molar-refractivity contribution in [2.24, 2.45) is 0 Å². The zero-order chi connectivity index (χ0) is 17.7. The minimum absolute atomic E-state index is 0.130. The molecule has 136 valence electrons. The highest BCUT2D eigenvalue weighted by Gasteiger charge is 2.65. The number of methoxy groups -OCH3 is 1. The van der Waals surface area contributed by atoms with Crippen molar-refractivity contribution in [2.75, 3.05) is 39.9 Å².